The van der Waals surface area contributed by atoms with Gasteiger partial charge in [-0.25, -0.2) is 0 Å². The molecule has 1 atom stereocenters. The fourth-order valence-electron chi connectivity index (χ4n) is 2.24. The minimum atomic E-state index is -0.131. The van der Waals surface area contributed by atoms with Crippen molar-refractivity contribution in [2.45, 2.75) is 32.6 Å². The number of likely N-dealkylation sites (tertiary alicyclic amines) is 1. The van der Waals surface area contributed by atoms with Gasteiger partial charge in [-0.15, -0.1) is 0 Å². The molecule has 1 saturated carbocycles. The van der Waals surface area contributed by atoms with Gasteiger partial charge in [0.25, 0.3) is 0 Å². The van der Waals surface area contributed by atoms with Crippen molar-refractivity contribution in [3.63, 3.8) is 0 Å². The highest BCUT2D eigenvalue weighted by Crippen LogP contribution is 2.33. The monoisotopic (exact) mass is 225 g/mol. The molecule has 0 aromatic heterocycles. The second kappa shape index (κ2) is 4.85. The van der Waals surface area contributed by atoms with Crippen LogP contribution in [0.4, 0.5) is 0 Å². The zero-order valence-electron chi connectivity index (χ0n) is 9.78. The number of esters is 1. The Morgan fingerprint density at radius 3 is 2.69 bits per heavy atom. The van der Waals surface area contributed by atoms with E-state index in [4.69, 9.17) is 4.74 Å². The fraction of sp³-hybridized carbons (Fsp3) is 0.833. The van der Waals surface area contributed by atoms with Gasteiger partial charge < -0.3 is 9.64 Å². The third kappa shape index (κ3) is 2.74. The number of carbonyl (C=O) groups is 2. The molecule has 2 fully saturated rings. The summed E-state index contributed by atoms with van der Waals surface area (Å²) in [6, 6.07) is 0. The summed E-state index contributed by atoms with van der Waals surface area (Å²) in [5, 5.41) is 0. The highest BCUT2D eigenvalue weighted by Gasteiger charge is 2.36. The Balaban J connectivity index is 1.74. The molecule has 1 amide bonds. The van der Waals surface area contributed by atoms with E-state index in [1.807, 2.05) is 11.8 Å². The molecule has 0 radical (unpaired) electrons. The Morgan fingerprint density at radius 2 is 2.06 bits per heavy atom. The molecule has 0 unspecified atom stereocenters. The second-order valence-electron chi connectivity index (χ2n) is 4.72. The van der Waals surface area contributed by atoms with Gasteiger partial charge in [-0.05, 0) is 32.1 Å². The van der Waals surface area contributed by atoms with Gasteiger partial charge in [-0.3, -0.25) is 9.59 Å². The maximum absolute atomic E-state index is 11.8. The van der Waals surface area contributed by atoms with Crippen LogP contribution >= 0.6 is 0 Å². The fourth-order valence-corrected chi connectivity index (χ4v) is 2.24. The zero-order valence-corrected chi connectivity index (χ0v) is 9.78. The van der Waals surface area contributed by atoms with E-state index in [0.29, 0.717) is 30.8 Å². The topological polar surface area (TPSA) is 46.6 Å². The van der Waals surface area contributed by atoms with Gasteiger partial charge in [0.05, 0.1) is 13.0 Å². The smallest absolute Gasteiger partial charge is 0.306 e. The van der Waals surface area contributed by atoms with Crippen LogP contribution in [-0.4, -0.2) is 36.5 Å². The first-order valence-corrected chi connectivity index (χ1v) is 6.15. The molecule has 2 aliphatic rings. The van der Waals surface area contributed by atoms with Crippen molar-refractivity contribution in [3.8, 4) is 0 Å². The summed E-state index contributed by atoms with van der Waals surface area (Å²) < 4.78 is 4.92. The minimum absolute atomic E-state index is 0.131. The SMILES string of the molecule is CCOC(=O)C[C@@H]1CCN(C(=O)C2CC2)C1. The van der Waals surface area contributed by atoms with Crippen molar-refractivity contribution in [1.82, 2.24) is 4.90 Å². The summed E-state index contributed by atoms with van der Waals surface area (Å²) >= 11 is 0. The minimum Gasteiger partial charge on any atom is -0.466 e. The van der Waals surface area contributed by atoms with Gasteiger partial charge in [0.2, 0.25) is 5.91 Å². The molecular weight excluding hydrogens is 206 g/mol. The molecule has 90 valence electrons. The molecule has 0 aromatic carbocycles. The molecule has 1 saturated heterocycles. The molecule has 4 nitrogen and oxygen atoms in total. The molecule has 0 N–H and O–H groups in total. The Bertz CT molecular complexity index is 286. The first-order valence-electron chi connectivity index (χ1n) is 6.15. The summed E-state index contributed by atoms with van der Waals surface area (Å²) in [6.45, 7) is 3.82. The standard InChI is InChI=1S/C12H19NO3/c1-2-16-11(14)7-9-5-6-13(8-9)12(15)10-3-4-10/h9-10H,2-8H2,1H3/t9-/m0/s1. The van der Waals surface area contributed by atoms with E-state index >= 15 is 0 Å². The Labute approximate surface area is 95.9 Å². The highest BCUT2D eigenvalue weighted by atomic mass is 16.5. The number of hydrogen-bond donors (Lipinski definition) is 0. The number of ether oxygens (including phenoxy) is 1. The summed E-state index contributed by atoms with van der Waals surface area (Å²) in [5.74, 6) is 0.766. The average Bonchev–Trinajstić information content (AvgIpc) is 2.99. The van der Waals surface area contributed by atoms with Crippen molar-refractivity contribution in [1.29, 1.82) is 0 Å². The van der Waals surface area contributed by atoms with Crippen LogP contribution in [-0.2, 0) is 14.3 Å². The van der Waals surface area contributed by atoms with Crippen molar-refractivity contribution < 1.29 is 14.3 Å². The summed E-state index contributed by atoms with van der Waals surface area (Å²) in [5.41, 5.74) is 0. The van der Waals surface area contributed by atoms with Crippen molar-refractivity contribution in [3.05, 3.63) is 0 Å². The van der Waals surface area contributed by atoms with Crippen LogP contribution in [0.3, 0.4) is 0 Å². The van der Waals surface area contributed by atoms with Gasteiger partial charge >= 0.3 is 5.97 Å². The second-order valence-corrected chi connectivity index (χ2v) is 4.72. The van der Waals surface area contributed by atoms with Gasteiger partial charge in [0.1, 0.15) is 0 Å². The van der Waals surface area contributed by atoms with Gasteiger partial charge in [-0.1, -0.05) is 0 Å². The highest BCUT2D eigenvalue weighted by molar-refractivity contribution is 5.81. The van der Waals surface area contributed by atoms with E-state index in [2.05, 4.69) is 0 Å². The van der Waals surface area contributed by atoms with Crippen molar-refractivity contribution in [2.75, 3.05) is 19.7 Å². The van der Waals surface area contributed by atoms with Crippen LogP contribution in [0, 0.1) is 11.8 Å². The molecule has 1 aliphatic heterocycles. The summed E-state index contributed by atoms with van der Waals surface area (Å²) in [4.78, 5) is 25.0. The predicted molar refractivity (Wildman–Crippen MR) is 58.7 cm³/mol. The summed E-state index contributed by atoms with van der Waals surface area (Å²) in [6.07, 6.45) is 3.51. The quantitative estimate of drug-likeness (QED) is 0.675. The first kappa shape index (κ1) is 11.4. The van der Waals surface area contributed by atoms with Crippen LogP contribution in [0.5, 0.6) is 0 Å². The lowest BCUT2D eigenvalue weighted by atomic mass is 10.1. The van der Waals surface area contributed by atoms with E-state index in [1.165, 1.54) is 0 Å². The molecule has 1 heterocycles. The largest absolute Gasteiger partial charge is 0.466 e. The zero-order chi connectivity index (χ0) is 11.5. The lowest BCUT2D eigenvalue weighted by Crippen LogP contribution is -2.30. The van der Waals surface area contributed by atoms with Gasteiger partial charge in [-0.2, -0.15) is 0 Å². The number of hydrogen-bond acceptors (Lipinski definition) is 3. The van der Waals surface area contributed by atoms with Crippen LogP contribution in [0.25, 0.3) is 0 Å². The van der Waals surface area contributed by atoms with E-state index in [0.717, 1.165) is 32.4 Å². The van der Waals surface area contributed by atoms with Crippen LogP contribution in [0.15, 0.2) is 0 Å². The molecule has 16 heavy (non-hydrogen) atoms. The number of carbonyl (C=O) groups excluding carboxylic acids is 2. The summed E-state index contributed by atoms with van der Waals surface area (Å²) in [7, 11) is 0. The van der Waals surface area contributed by atoms with Crippen LogP contribution in [0.1, 0.15) is 32.6 Å². The van der Waals surface area contributed by atoms with E-state index < -0.39 is 0 Å². The van der Waals surface area contributed by atoms with Crippen molar-refractivity contribution >= 4 is 11.9 Å². The molecular formula is C12H19NO3. The Morgan fingerprint density at radius 1 is 1.31 bits per heavy atom. The molecule has 0 bridgehead atoms. The normalized spacial score (nSPS) is 24.6. The molecule has 2 rings (SSSR count). The molecule has 4 heteroatoms. The maximum Gasteiger partial charge on any atom is 0.306 e. The lowest BCUT2D eigenvalue weighted by molar-refractivity contribution is -0.144. The van der Waals surface area contributed by atoms with Crippen molar-refractivity contribution in [2.24, 2.45) is 11.8 Å². The van der Waals surface area contributed by atoms with Gasteiger partial charge in [0, 0.05) is 19.0 Å². The molecule has 1 aliphatic carbocycles. The van der Waals surface area contributed by atoms with E-state index in [1.54, 1.807) is 0 Å². The van der Waals surface area contributed by atoms with E-state index in [-0.39, 0.29) is 5.97 Å². The first-order chi connectivity index (χ1) is 7.70. The third-order valence-electron chi connectivity index (χ3n) is 3.28. The number of nitrogens with zero attached hydrogens (tertiary/aromatic N) is 1. The van der Waals surface area contributed by atoms with Crippen LogP contribution in [0.2, 0.25) is 0 Å². The predicted octanol–water partition coefficient (Wildman–Crippen LogP) is 1.20. The number of rotatable bonds is 4. The molecule has 0 spiro atoms. The third-order valence-corrected chi connectivity index (χ3v) is 3.28. The van der Waals surface area contributed by atoms with Crippen LogP contribution < -0.4 is 0 Å². The van der Waals surface area contributed by atoms with Gasteiger partial charge in [0.15, 0.2) is 0 Å². The lowest BCUT2D eigenvalue weighted by Gasteiger charge is -2.15. The molecule has 0 aromatic rings. The number of amides is 1. The maximum atomic E-state index is 11.8. The van der Waals surface area contributed by atoms with E-state index in [9.17, 15) is 9.59 Å². The Kier molecular flexibility index (Phi) is 3.46. The Hall–Kier alpha value is -1.06. The average molecular weight is 225 g/mol.